The van der Waals surface area contributed by atoms with Crippen molar-refractivity contribution in [1.29, 1.82) is 0 Å². The van der Waals surface area contributed by atoms with Crippen LogP contribution in [-0.2, 0) is 4.79 Å². The zero-order valence-corrected chi connectivity index (χ0v) is 6.85. The zero-order valence-electron chi connectivity index (χ0n) is 6.85. The fourth-order valence-electron chi connectivity index (χ4n) is 1.08. The molecule has 0 spiro atoms. The van der Waals surface area contributed by atoms with Gasteiger partial charge in [0.2, 0.25) is 5.91 Å². The molecule has 0 aromatic carbocycles. The molecular formula is C7H13N3O. The summed E-state index contributed by atoms with van der Waals surface area (Å²) in [5.74, 6) is 0.626. The van der Waals surface area contributed by atoms with Gasteiger partial charge in [0.05, 0.1) is 0 Å². The van der Waals surface area contributed by atoms with Crippen LogP contribution in [0.15, 0.2) is 4.99 Å². The predicted molar refractivity (Wildman–Crippen MR) is 43.3 cm³/mol. The maximum absolute atomic E-state index is 11.1. The van der Waals surface area contributed by atoms with Crippen molar-refractivity contribution in [3.8, 4) is 0 Å². The van der Waals surface area contributed by atoms with E-state index in [2.05, 4.69) is 22.5 Å². The largest absolute Gasteiger partial charge is 0.344 e. The van der Waals surface area contributed by atoms with Crippen LogP contribution in [-0.4, -0.2) is 25.0 Å². The lowest BCUT2D eigenvalue weighted by atomic mass is 10.2. The molecule has 1 saturated heterocycles. The Balaban J connectivity index is 2.52. The highest BCUT2D eigenvalue weighted by Gasteiger charge is 2.26. The lowest BCUT2D eigenvalue weighted by molar-refractivity contribution is -0.120. The number of aliphatic imine (C=N–C) groups is 1. The first-order valence-corrected chi connectivity index (χ1v) is 3.82. The average Bonchev–Trinajstić information content (AvgIpc) is 2.33. The summed E-state index contributed by atoms with van der Waals surface area (Å²) in [5, 5.41) is 5.62. The standard InChI is InChI=1S/C7H13N3O/c1-3-4-5-6(11)10-7(8-2)9-5/h5H,3-4H2,1-2H3,(H2,8,9,10,11). The highest BCUT2D eigenvalue weighted by molar-refractivity contribution is 6.06. The number of carbonyl (C=O) groups is 1. The van der Waals surface area contributed by atoms with E-state index in [1.807, 2.05) is 0 Å². The Morgan fingerprint density at radius 1 is 1.64 bits per heavy atom. The molecule has 0 aliphatic carbocycles. The Hall–Kier alpha value is -1.06. The van der Waals surface area contributed by atoms with Gasteiger partial charge >= 0.3 is 0 Å². The van der Waals surface area contributed by atoms with Crippen molar-refractivity contribution in [3.05, 3.63) is 0 Å². The first-order chi connectivity index (χ1) is 5.27. The van der Waals surface area contributed by atoms with Gasteiger partial charge in [-0.15, -0.1) is 0 Å². The van der Waals surface area contributed by atoms with Gasteiger partial charge in [0.25, 0.3) is 0 Å². The smallest absolute Gasteiger partial charge is 0.249 e. The molecule has 0 bridgehead atoms. The maximum Gasteiger partial charge on any atom is 0.249 e. The van der Waals surface area contributed by atoms with Crippen molar-refractivity contribution in [3.63, 3.8) is 0 Å². The summed E-state index contributed by atoms with van der Waals surface area (Å²) < 4.78 is 0. The second kappa shape index (κ2) is 3.37. The summed E-state index contributed by atoms with van der Waals surface area (Å²) >= 11 is 0. The molecule has 0 aromatic heterocycles. The Morgan fingerprint density at radius 2 is 2.36 bits per heavy atom. The van der Waals surface area contributed by atoms with Crippen molar-refractivity contribution in [2.75, 3.05) is 7.05 Å². The van der Waals surface area contributed by atoms with E-state index in [0.29, 0.717) is 5.96 Å². The summed E-state index contributed by atoms with van der Waals surface area (Å²) in [6, 6.07) is -0.0706. The lowest BCUT2D eigenvalue weighted by Crippen LogP contribution is -2.28. The highest BCUT2D eigenvalue weighted by atomic mass is 16.2. The summed E-state index contributed by atoms with van der Waals surface area (Å²) in [7, 11) is 1.65. The topological polar surface area (TPSA) is 53.5 Å². The molecule has 1 aliphatic rings. The van der Waals surface area contributed by atoms with Crippen molar-refractivity contribution in [1.82, 2.24) is 10.6 Å². The highest BCUT2D eigenvalue weighted by Crippen LogP contribution is 2.00. The maximum atomic E-state index is 11.1. The van der Waals surface area contributed by atoms with Gasteiger partial charge < -0.3 is 5.32 Å². The Morgan fingerprint density at radius 3 is 2.82 bits per heavy atom. The second-order valence-electron chi connectivity index (χ2n) is 2.55. The molecule has 1 unspecified atom stereocenters. The van der Waals surface area contributed by atoms with E-state index in [0.717, 1.165) is 12.8 Å². The van der Waals surface area contributed by atoms with E-state index >= 15 is 0 Å². The fraction of sp³-hybridized carbons (Fsp3) is 0.714. The molecule has 2 N–H and O–H groups in total. The molecular weight excluding hydrogens is 142 g/mol. The first kappa shape index (κ1) is 8.04. The zero-order chi connectivity index (χ0) is 8.27. The minimum atomic E-state index is -0.0706. The molecule has 4 heteroatoms. The van der Waals surface area contributed by atoms with Crippen LogP contribution in [0.25, 0.3) is 0 Å². The average molecular weight is 155 g/mol. The van der Waals surface area contributed by atoms with E-state index in [4.69, 9.17) is 0 Å². The van der Waals surface area contributed by atoms with E-state index in [-0.39, 0.29) is 11.9 Å². The van der Waals surface area contributed by atoms with Gasteiger partial charge in [-0.05, 0) is 6.42 Å². The van der Waals surface area contributed by atoms with Gasteiger partial charge in [-0.1, -0.05) is 13.3 Å². The third kappa shape index (κ3) is 1.69. The Labute approximate surface area is 66.1 Å². The molecule has 1 aliphatic heterocycles. The molecule has 11 heavy (non-hydrogen) atoms. The number of hydrogen-bond donors (Lipinski definition) is 2. The van der Waals surface area contributed by atoms with Gasteiger partial charge in [-0.25, -0.2) is 0 Å². The van der Waals surface area contributed by atoms with Crippen molar-refractivity contribution in [2.45, 2.75) is 25.8 Å². The number of nitrogens with zero attached hydrogens (tertiary/aromatic N) is 1. The molecule has 1 rings (SSSR count). The fourth-order valence-corrected chi connectivity index (χ4v) is 1.08. The number of nitrogens with one attached hydrogen (secondary N) is 2. The SMILES string of the molecule is CCCC1NC(=NC)NC1=O. The van der Waals surface area contributed by atoms with E-state index in [1.165, 1.54) is 0 Å². The van der Waals surface area contributed by atoms with Crippen LogP contribution in [0.1, 0.15) is 19.8 Å². The molecule has 62 valence electrons. The molecule has 4 nitrogen and oxygen atoms in total. The Bertz CT molecular complexity index is 188. The third-order valence-electron chi connectivity index (χ3n) is 1.67. The number of guanidine groups is 1. The van der Waals surface area contributed by atoms with Gasteiger partial charge in [-0.2, -0.15) is 0 Å². The predicted octanol–water partition coefficient (Wildman–Crippen LogP) is -0.140. The number of carbonyl (C=O) groups excluding carboxylic acids is 1. The molecule has 0 aromatic rings. The van der Waals surface area contributed by atoms with Crippen LogP contribution in [0.4, 0.5) is 0 Å². The van der Waals surface area contributed by atoms with Gasteiger partial charge in [0.1, 0.15) is 6.04 Å². The molecule has 1 fully saturated rings. The van der Waals surface area contributed by atoms with Crippen LogP contribution >= 0.6 is 0 Å². The molecule has 1 heterocycles. The second-order valence-corrected chi connectivity index (χ2v) is 2.55. The molecule has 1 atom stereocenters. The summed E-state index contributed by atoms with van der Waals surface area (Å²) in [6.45, 7) is 2.05. The van der Waals surface area contributed by atoms with Gasteiger partial charge in [0.15, 0.2) is 5.96 Å². The number of rotatable bonds is 2. The van der Waals surface area contributed by atoms with E-state index in [9.17, 15) is 4.79 Å². The van der Waals surface area contributed by atoms with E-state index in [1.54, 1.807) is 7.05 Å². The van der Waals surface area contributed by atoms with E-state index < -0.39 is 0 Å². The monoisotopic (exact) mass is 155 g/mol. The first-order valence-electron chi connectivity index (χ1n) is 3.82. The summed E-state index contributed by atoms with van der Waals surface area (Å²) in [6.07, 6.45) is 1.87. The van der Waals surface area contributed by atoms with Gasteiger partial charge in [0, 0.05) is 7.05 Å². The normalized spacial score (nSPS) is 26.9. The van der Waals surface area contributed by atoms with Crippen molar-refractivity contribution >= 4 is 11.9 Å². The summed E-state index contributed by atoms with van der Waals surface area (Å²) in [4.78, 5) is 14.9. The number of amides is 1. The molecule has 0 radical (unpaired) electrons. The van der Waals surface area contributed by atoms with Crippen LogP contribution in [0, 0.1) is 0 Å². The van der Waals surface area contributed by atoms with Crippen molar-refractivity contribution in [2.24, 2.45) is 4.99 Å². The molecule has 1 amide bonds. The number of hydrogen-bond acceptors (Lipinski definition) is 2. The van der Waals surface area contributed by atoms with Crippen LogP contribution < -0.4 is 10.6 Å². The minimum Gasteiger partial charge on any atom is -0.344 e. The quantitative estimate of drug-likeness (QED) is 0.583. The summed E-state index contributed by atoms with van der Waals surface area (Å²) in [5.41, 5.74) is 0. The van der Waals surface area contributed by atoms with Crippen LogP contribution in [0.5, 0.6) is 0 Å². The lowest BCUT2D eigenvalue weighted by Gasteiger charge is -2.03. The van der Waals surface area contributed by atoms with Crippen LogP contribution in [0.3, 0.4) is 0 Å². The van der Waals surface area contributed by atoms with Gasteiger partial charge in [-0.3, -0.25) is 15.1 Å². The third-order valence-corrected chi connectivity index (χ3v) is 1.67. The van der Waals surface area contributed by atoms with Crippen LogP contribution in [0.2, 0.25) is 0 Å². The Kier molecular flexibility index (Phi) is 2.46. The minimum absolute atomic E-state index is 0.0347. The van der Waals surface area contributed by atoms with Crippen molar-refractivity contribution < 1.29 is 4.79 Å². The molecule has 0 saturated carbocycles.